The number of hydrogen-bond donors (Lipinski definition) is 1. The highest BCUT2D eigenvalue weighted by atomic mass is 35.5. The Kier molecular flexibility index (Phi) is 5.68. The van der Waals surface area contributed by atoms with Crippen LogP contribution in [0.5, 0.6) is 5.75 Å². The molecular formula is C25H21ClFNO. The second-order valence-corrected chi connectivity index (χ2v) is 7.32. The third-order valence-electron chi connectivity index (χ3n) is 5.06. The molecule has 4 heteroatoms. The molecule has 0 unspecified atom stereocenters. The summed E-state index contributed by atoms with van der Waals surface area (Å²) in [6.45, 7) is 2.73. The number of anilines is 1. The van der Waals surface area contributed by atoms with Crippen LogP contribution in [0.25, 0.3) is 10.8 Å². The lowest BCUT2D eigenvalue weighted by Gasteiger charge is -2.17. The van der Waals surface area contributed by atoms with Gasteiger partial charge in [-0.25, -0.2) is 4.39 Å². The molecule has 0 amide bonds. The van der Waals surface area contributed by atoms with E-state index >= 15 is 0 Å². The smallest absolute Gasteiger partial charge is 0.129 e. The number of fused-ring (bicyclic) bond motifs is 1. The van der Waals surface area contributed by atoms with Gasteiger partial charge in [0.1, 0.15) is 18.2 Å². The van der Waals surface area contributed by atoms with Crippen molar-refractivity contribution in [2.75, 3.05) is 5.32 Å². The molecule has 4 aromatic rings. The van der Waals surface area contributed by atoms with Gasteiger partial charge in [0, 0.05) is 28.4 Å². The van der Waals surface area contributed by atoms with Gasteiger partial charge in [0.15, 0.2) is 0 Å². The van der Waals surface area contributed by atoms with Gasteiger partial charge in [-0.05, 0) is 47.5 Å². The Hall–Kier alpha value is -3.04. The first-order valence-corrected chi connectivity index (χ1v) is 9.87. The molecule has 0 fully saturated rings. The number of halogens is 2. The highest BCUT2D eigenvalue weighted by Crippen LogP contribution is 2.31. The topological polar surface area (TPSA) is 21.3 Å². The van der Waals surface area contributed by atoms with Crippen molar-refractivity contribution in [3.63, 3.8) is 0 Å². The summed E-state index contributed by atoms with van der Waals surface area (Å²) < 4.78 is 20.0. The van der Waals surface area contributed by atoms with E-state index in [-0.39, 0.29) is 12.4 Å². The van der Waals surface area contributed by atoms with E-state index in [0.29, 0.717) is 12.1 Å². The van der Waals surface area contributed by atoms with Crippen LogP contribution in [0.1, 0.15) is 16.7 Å². The number of hydrogen-bond acceptors (Lipinski definition) is 2. The SMILES string of the molecule is Cc1c(Cl)cccc1NCc1c(OCc2ccccc2F)ccc2ccccc12. The first-order valence-electron chi connectivity index (χ1n) is 9.49. The molecule has 0 aliphatic carbocycles. The molecule has 0 bridgehead atoms. The Morgan fingerprint density at radius 3 is 2.55 bits per heavy atom. The summed E-state index contributed by atoms with van der Waals surface area (Å²) in [4.78, 5) is 0. The Morgan fingerprint density at radius 1 is 0.897 bits per heavy atom. The van der Waals surface area contributed by atoms with E-state index in [0.717, 1.165) is 38.4 Å². The zero-order valence-electron chi connectivity index (χ0n) is 16.1. The fraction of sp³-hybridized carbons (Fsp3) is 0.120. The van der Waals surface area contributed by atoms with E-state index < -0.39 is 0 Å². The van der Waals surface area contributed by atoms with Gasteiger partial charge in [-0.1, -0.05) is 66.2 Å². The number of rotatable bonds is 6. The monoisotopic (exact) mass is 405 g/mol. The molecular weight excluding hydrogens is 385 g/mol. The average molecular weight is 406 g/mol. The van der Waals surface area contributed by atoms with Gasteiger partial charge < -0.3 is 10.1 Å². The molecule has 0 aliphatic rings. The van der Waals surface area contributed by atoms with Crippen LogP contribution >= 0.6 is 11.6 Å². The van der Waals surface area contributed by atoms with Crippen molar-refractivity contribution in [2.45, 2.75) is 20.1 Å². The Labute approximate surface area is 174 Å². The van der Waals surface area contributed by atoms with Crippen molar-refractivity contribution in [3.8, 4) is 5.75 Å². The van der Waals surface area contributed by atoms with Crippen LogP contribution in [0.4, 0.5) is 10.1 Å². The summed E-state index contributed by atoms with van der Waals surface area (Å²) >= 11 is 6.25. The highest BCUT2D eigenvalue weighted by Gasteiger charge is 2.11. The largest absolute Gasteiger partial charge is 0.488 e. The van der Waals surface area contributed by atoms with Gasteiger partial charge in [0.25, 0.3) is 0 Å². The van der Waals surface area contributed by atoms with Crippen molar-refractivity contribution < 1.29 is 9.13 Å². The maximum atomic E-state index is 14.0. The molecule has 4 rings (SSSR count). The molecule has 0 atom stereocenters. The van der Waals surface area contributed by atoms with Crippen LogP contribution in [0.3, 0.4) is 0 Å². The van der Waals surface area contributed by atoms with Gasteiger partial charge in [0.05, 0.1) is 0 Å². The zero-order valence-corrected chi connectivity index (χ0v) is 16.8. The fourth-order valence-corrected chi connectivity index (χ4v) is 3.56. The summed E-state index contributed by atoms with van der Waals surface area (Å²) in [6.07, 6.45) is 0. The minimum absolute atomic E-state index is 0.175. The maximum absolute atomic E-state index is 14.0. The lowest BCUT2D eigenvalue weighted by Crippen LogP contribution is -2.06. The summed E-state index contributed by atoms with van der Waals surface area (Å²) in [5, 5.41) is 6.43. The second-order valence-electron chi connectivity index (χ2n) is 6.91. The lowest BCUT2D eigenvalue weighted by atomic mass is 10.0. The Balaban J connectivity index is 1.65. The quantitative estimate of drug-likeness (QED) is 0.368. The van der Waals surface area contributed by atoms with Crippen molar-refractivity contribution >= 4 is 28.1 Å². The fourth-order valence-electron chi connectivity index (χ4n) is 3.39. The third-order valence-corrected chi connectivity index (χ3v) is 5.47. The van der Waals surface area contributed by atoms with Crippen LogP contribution in [-0.2, 0) is 13.2 Å². The molecule has 0 spiro atoms. The minimum atomic E-state index is -0.262. The van der Waals surface area contributed by atoms with Crippen LogP contribution in [-0.4, -0.2) is 0 Å². The number of nitrogens with one attached hydrogen (secondary N) is 1. The van der Waals surface area contributed by atoms with Gasteiger partial charge in [-0.2, -0.15) is 0 Å². The van der Waals surface area contributed by atoms with Gasteiger partial charge in [0.2, 0.25) is 0 Å². The molecule has 0 radical (unpaired) electrons. The van der Waals surface area contributed by atoms with Crippen molar-refractivity contribution in [1.29, 1.82) is 0 Å². The first kappa shape index (κ1) is 19.3. The van der Waals surface area contributed by atoms with Crippen molar-refractivity contribution in [1.82, 2.24) is 0 Å². The number of ether oxygens (including phenoxy) is 1. The van der Waals surface area contributed by atoms with Crippen molar-refractivity contribution in [3.05, 3.63) is 106 Å². The van der Waals surface area contributed by atoms with Crippen LogP contribution in [0, 0.1) is 12.7 Å². The molecule has 0 saturated heterocycles. The molecule has 0 aliphatic heterocycles. The standard InChI is InChI=1S/C25H21ClFNO/c1-17-22(26)10-6-12-24(17)28-15-21-20-9-4-2-7-18(20)13-14-25(21)29-16-19-8-3-5-11-23(19)27/h2-14,28H,15-16H2,1H3. The van der Waals surface area contributed by atoms with Gasteiger partial charge in [-0.3, -0.25) is 0 Å². The van der Waals surface area contributed by atoms with E-state index in [9.17, 15) is 4.39 Å². The summed E-state index contributed by atoms with van der Waals surface area (Å²) in [7, 11) is 0. The summed E-state index contributed by atoms with van der Waals surface area (Å²) in [5.41, 5.74) is 3.54. The van der Waals surface area contributed by atoms with Crippen LogP contribution in [0.2, 0.25) is 5.02 Å². The molecule has 4 aromatic carbocycles. The molecule has 2 nitrogen and oxygen atoms in total. The third kappa shape index (κ3) is 4.20. The highest BCUT2D eigenvalue weighted by molar-refractivity contribution is 6.31. The van der Waals surface area contributed by atoms with Crippen LogP contribution < -0.4 is 10.1 Å². The maximum Gasteiger partial charge on any atom is 0.129 e. The molecule has 146 valence electrons. The van der Waals surface area contributed by atoms with Gasteiger partial charge >= 0.3 is 0 Å². The molecule has 0 heterocycles. The van der Waals surface area contributed by atoms with Crippen LogP contribution in [0.15, 0.2) is 78.9 Å². The predicted octanol–water partition coefficient (Wildman–Crippen LogP) is 7.13. The molecule has 0 saturated carbocycles. The summed E-state index contributed by atoms with van der Waals surface area (Å²) in [6, 6.07) is 24.6. The lowest BCUT2D eigenvalue weighted by molar-refractivity contribution is 0.297. The van der Waals surface area contributed by atoms with E-state index in [1.165, 1.54) is 6.07 Å². The normalized spacial score (nSPS) is 10.9. The Bertz CT molecular complexity index is 1160. The van der Waals surface area contributed by atoms with E-state index in [1.807, 2.05) is 55.5 Å². The average Bonchev–Trinajstić information content (AvgIpc) is 2.74. The predicted molar refractivity (Wildman–Crippen MR) is 118 cm³/mol. The first-order chi connectivity index (χ1) is 14.1. The minimum Gasteiger partial charge on any atom is -0.488 e. The molecule has 0 aromatic heterocycles. The Morgan fingerprint density at radius 2 is 1.69 bits per heavy atom. The second kappa shape index (κ2) is 8.54. The molecule has 29 heavy (non-hydrogen) atoms. The van der Waals surface area contributed by atoms with E-state index in [4.69, 9.17) is 16.3 Å². The molecule has 1 N–H and O–H groups in total. The van der Waals surface area contributed by atoms with E-state index in [2.05, 4.69) is 17.4 Å². The number of benzene rings is 4. The van der Waals surface area contributed by atoms with Gasteiger partial charge in [-0.15, -0.1) is 0 Å². The van der Waals surface area contributed by atoms with E-state index in [1.54, 1.807) is 12.1 Å². The zero-order chi connectivity index (χ0) is 20.2. The summed E-state index contributed by atoms with van der Waals surface area (Å²) in [5.74, 6) is 0.474. The van der Waals surface area contributed by atoms with Crippen molar-refractivity contribution in [2.24, 2.45) is 0 Å².